The molecule has 1 heterocycles. The monoisotopic (exact) mass is 216 g/mol. The number of para-hydroxylation sites is 2. The smallest absolute Gasteiger partial charge is 0.115 e. The van der Waals surface area contributed by atoms with E-state index in [1.165, 1.54) is 11.3 Å². The lowest BCUT2D eigenvalue weighted by atomic mass is 9.95. The summed E-state index contributed by atoms with van der Waals surface area (Å²) < 4.78 is 2.34. The molecule has 2 aromatic rings. The predicted octanol–water partition coefficient (Wildman–Crippen LogP) is 3.91. The van der Waals surface area contributed by atoms with Crippen LogP contribution in [0.4, 0.5) is 0 Å². The molecule has 0 radical (unpaired) electrons. The van der Waals surface area contributed by atoms with E-state index in [1.807, 2.05) is 6.07 Å². The van der Waals surface area contributed by atoms with Crippen molar-refractivity contribution in [2.24, 2.45) is 0 Å². The highest BCUT2D eigenvalue weighted by Gasteiger charge is 2.23. The van der Waals surface area contributed by atoms with Crippen LogP contribution in [0.1, 0.15) is 46.5 Å². The summed E-state index contributed by atoms with van der Waals surface area (Å²) in [6.07, 6.45) is 0. The third kappa shape index (κ3) is 1.73. The van der Waals surface area contributed by atoms with Crippen LogP contribution >= 0.6 is 0 Å². The van der Waals surface area contributed by atoms with E-state index in [-0.39, 0.29) is 5.41 Å². The second kappa shape index (κ2) is 3.62. The number of benzene rings is 1. The van der Waals surface area contributed by atoms with Gasteiger partial charge in [0, 0.05) is 11.5 Å². The number of hydrogen-bond donors (Lipinski definition) is 0. The molecule has 1 aromatic carbocycles. The fourth-order valence-corrected chi connectivity index (χ4v) is 2.10. The normalized spacial score (nSPS) is 12.6. The summed E-state index contributed by atoms with van der Waals surface area (Å²) in [5.41, 5.74) is 2.42. The zero-order valence-corrected chi connectivity index (χ0v) is 10.8. The van der Waals surface area contributed by atoms with Gasteiger partial charge in [0.15, 0.2) is 0 Å². The van der Waals surface area contributed by atoms with Crippen LogP contribution in [-0.2, 0) is 5.41 Å². The van der Waals surface area contributed by atoms with Crippen LogP contribution in [0.3, 0.4) is 0 Å². The van der Waals surface area contributed by atoms with Crippen LogP contribution in [0.2, 0.25) is 0 Å². The van der Waals surface area contributed by atoms with Crippen molar-refractivity contribution in [1.82, 2.24) is 9.55 Å². The molecule has 16 heavy (non-hydrogen) atoms. The standard InChI is InChI=1S/C14H20N2/c1-10(2)16-12-9-7-6-8-11(12)15-13(16)14(3,4)5/h6-10H,1-5H3. The fraction of sp³-hybridized carbons (Fsp3) is 0.500. The number of rotatable bonds is 1. The van der Waals surface area contributed by atoms with Gasteiger partial charge < -0.3 is 4.57 Å². The lowest BCUT2D eigenvalue weighted by Crippen LogP contribution is -2.20. The van der Waals surface area contributed by atoms with Crippen LogP contribution in [0.15, 0.2) is 24.3 Å². The molecule has 0 spiro atoms. The van der Waals surface area contributed by atoms with E-state index < -0.39 is 0 Å². The molecule has 0 aliphatic carbocycles. The van der Waals surface area contributed by atoms with E-state index in [0.29, 0.717) is 6.04 Å². The first-order chi connectivity index (χ1) is 7.41. The van der Waals surface area contributed by atoms with Gasteiger partial charge >= 0.3 is 0 Å². The fourth-order valence-electron chi connectivity index (χ4n) is 2.10. The Hall–Kier alpha value is -1.31. The molecule has 2 rings (SSSR count). The Bertz CT molecular complexity index is 501. The van der Waals surface area contributed by atoms with Gasteiger partial charge in [-0.25, -0.2) is 4.98 Å². The minimum absolute atomic E-state index is 0.0866. The molecule has 86 valence electrons. The Morgan fingerprint density at radius 2 is 1.75 bits per heavy atom. The Kier molecular flexibility index (Phi) is 2.53. The van der Waals surface area contributed by atoms with Gasteiger partial charge in [0.1, 0.15) is 5.82 Å². The van der Waals surface area contributed by atoms with Gasteiger partial charge in [0.05, 0.1) is 11.0 Å². The van der Waals surface area contributed by atoms with Crippen molar-refractivity contribution in [2.75, 3.05) is 0 Å². The van der Waals surface area contributed by atoms with E-state index in [1.54, 1.807) is 0 Å². The van der Waals surface area contributed by atoms with Gasteiger partial charge in [0.25, 0.3) is 0 Å². The molecular formula is C14H20N2. The molecule has 0 aliphatic heterocycles. The summed E-state index contributed by atoms with van der Waals surface area (Å²) in [6, 6.07) is 8.81. The van der Waals surface area contributed by atoms with Crippen molar-refractivity contribution in [3.8, 4) is 0 Å². The summed E-state index contributed by atoms with van der Waals surface area (Å²) in [4.78, 5) is 4.77. The molecule has 0 bridgehead atoms. The van der Waals surface area contributed by atoms with Gasteiger partial charge in [-0.3, -0.25) is 0 Å². The van der Waals surface area contributed by atoms with Crippen molar-refractivity contribution >= 4 is 11.0 Å². The maximum absolute atomic E-state index is 4.77. The minimum Gasteiger partial charge on any atom is -0.325 e. The first-order valence-corrected chi connectivity index (χ1v) is 5.88. The van der Waals surface area contributed by atoms with E-state index in [4.69, 9.17) is 4.98 Å². The molecule has 2 heteroatoms. The van der Waals surface area contributed by atoms with Gasteiger partial charge in [-0.2, -0.15) is 0 Å². The molecule has 0 aliphatic rings. The molecule has 2 nitrogen and oxygen atoms in total. The molecule has 1 aromatic heterocycles. The van der Waals surface area contributed by atoms with Crippen LogP contribution < -0.4 is 0 Å². The van der Waals surface area contributed by atoms with Crippen molar-refractivity contribution in [3.63, 3.8) is 0 Å². The van der Waals surface area contributed by atoms with Gasteiger partial charge in [-0.15, -0.1) is 0 Å². The van der Waals surface area contributed by atoms with Crippen LogP contribution in [0.25, 0.3) is 11.0 Å². The van der Waals surface area contributed by atoms with Crippen molar-refractivity contribution in [1.29, 1.82) is 0 Å². The zero-order chi connectivity index (χ0) is 11.9. The summed E-state index contributed by atoms with van der Waals surface area (Å²) in [7, 11) is 0. The summed E-state index contributed by atoms with van der Waals surface area (Å²) >= 11 is 0. The Morgan fingerprint density at radius 3 is 2.31 bits per heavy atom. The number of fused-ring (bicyclic) bond motifs is 1. The van der Waals surface area contributed by atoms with Crippen LogP contribution in [-0.4, -0.2) is 9.55 Å². The molecule has 0 fully saturated rings. The second-order valence-corrected chi connectivity index (χ2v) is 5.64. The number of imidazole rings is 1. The molecule has 0 amide bonds. The summed E-state index contributed by atoms with van der Waals surface area (Å²) in [6.45, 7) is 11.1. The van der Waals surface area contributed by atoms with Gasteiger partial charge in [-0.05, 0) is 26.0 Å². The zero-order valence-electron chi connectivity index (χ0n) is 10.8. The van der Waals surface area contributed by atoms with E-state index >= 15 is 0 Å². The minimum atomic E-state index is 0.0866. The second-order valence-electron chi connectivity index (χ2n) is 5.64. The molecular weight excluding hydrogens is 196 g/mol. The molecule has 0 saturated carbocycles. The Labute approximate surface area is 97.3 Å². The van der Waals surface area contributed by atoms with Crippen LogP contribution in [0.5, 0.6) is 0 Å². The van der Waals surface area contributed by atoms with E-state index in [9.17, 15) is 0 Å². The largest absolute Gasteiger partial charge is 0.325 e. The first-order valence-electron chi connectivity index (χ1n) is 5.88. The lowest BCUT2D eigenvalue weighted by molar-refractivity contribution is 0.477. The van der Waals surface area contributed by atoms with Crippen LogP contribution in [0, 0.1) is 0 Å². The summed E-state index contributed by atoms with van der Waals surface area (Å²) in [5, 5.41) is 0. The quantitative estimate of drug-likeness (QED) is 0.706. The Morgan fingerprint density at radius 1 is 1.12 bits per heavy atom. The average Bonchev–Trinajstić information content (AvgIpc) is 2.55. The highest BCUT2D eigenvalue weighted by molar-refractivity contribution is 5.76. The van der Waals surface area contributed by atoms with Gasteiger partial charge in [-0.1, -0.05) is 32.9 Å². The van der Waals surface area contributed by atoms with E-state index in [2.05, 4.69) is 57.4 Å². The van der Waals surface area contributed by atoms with Gasteiger partial charge in [0.2, 0.25) is 0 Å². The van der Waals surface area contributed by atoms with Crippen molar-refractivity contribution in [3.05, 3.63) is 30.1 Å². The molecule has 0 N–H and O–H groups in total. The SMILES string of the molecule is CC(C)n1c(C(C)(C)C)nc2ccccc21. The molecule has 0 saturated heterocycles. The van der Waals surface area contributed by atoms with Crippen molar-refractivity contribution < 1.29 is 0 Å². The average molecular weight is 216 g/mol. The maximum atomic E-state index is 4.77. The highest BCUT2D eigenvalue weighted by atomic mass is 15.1. The molecule has 0 unspecified atom stereocenters. The highest BCUT2D eigenvalue weighted by Crippen LogP contribution is 2.29. The number of hydrogen-bond acceptors (Lipinski definition) is 1. The topological polar surface area (TPSA) is 17.8 Å². The summed E-state index contributed by atoms with van der Waals surface area (Å²) in [5.74, 6) is 1.17. The number of nitrogens with zero attached hydrogens (tertiary/aromatic N) is 2. The van der Waals surface area contributed by atoms with E-state index in [0.717, 1.165) is 5.52 Å². The third-order valence-electron chi connectivity index (χ3n) is 2.78. The third-order valence-corrected chi connectivity index (χ3v) is 2.78. The number of aromatic nitrogens is 2. The molecule has 0 atom stereocenters. The predicted molar refractivity (Wildman–Crippen MR) is 68.8 cm³/mol. The first kappa shape index (κ1) is 11.2. The maximum Gasteiger partial charge on any atom is 0.115 e. The lowest BCUT2D eigenvalue weighted by Gasteiger charge is -2.22. The van der Waals surface area contributed by atoms with Crippen molar-refractivity contribution in [2.45, 2.75) is 46.1 Å². The Balaban J connectivity index is 2.78.